The van der Waals surface area contributed by atoms with Crippen molar-refractivity contribution >= 4 is 33.3 Å². The molecular formula is C17H14FN5. The summed E-state index contributed by atoms with van der Waals surface area (Å²) in [5, 5.41) is 13.1. The fourth-order valence-electron chi connectivity index (χ4n) is 2.68. The standard InChI is InChI=1S/C17H14FN5/c1-10(18)15-13-5-4-12(9-11(13)6-8-19-15)21-17-14-3-2-7-20-16(14)22-23-17/h2-10H,1H3,(H2,20,21,22,23). The molecule has 0 radical (unpaired) electrons. The highest BCUT2D eigenvalue weighted by Crippen LogP contribution is 2.28. The Morgan fingerprint density at radius 2 is 2.00 bits per heavy atom. The minimum Gasteiger partial charge on any atom is -0.338 e. The molecule has 0 aliphatic rings. The van der Waals surface area contributed by atoms with E-state index in [1.807, 2.05) is 36.4 Å². The monoisotopic (exact) mass is 307 g/mol. The number of fused-ring (bicyclic) bond motifs is 2. The maximum Gasteiger partial charge on any atom is 0.161 e. The van der Waals surface area contributed by atoms with E-state index in [1.54, 1.807) is 12.4 Å². The van der Waals surface area contributed by atoms with Gasteiger partial charge in [0, 0.05) is 23.5 Å². The van der Waals surface area contributed by atoms with Crippen LogP contribution in [0.2, 0.25) is 0 Å². The van der Waals surface area contributed by atoms with E-state index >= 15 is 0 Å². The van der Waals surface area contributed by atoms with E-state index in [-0.39, 0.29) is 0 Å². The van der Waals surface area contributed by atoms with E-state index in [9.17, 15) is 4.39 Å². The Labute approximate surface area is 131 Å². The van der Waals surface area contributed by atoms with Gasteiger partial charge in [0.1, 0.15) is 6.17 Å². The molecule has 0 fully saturated rings. The van der Waals surface area contributed by atoms with Gasteiger partial charge in [-0.2, -0.15) is 5.10 Å². The molecule has 0 bridgehead atoms. The van der Waals surface area contributed by atoms with E-state index in [0.717, 1.165) is 27.5 Å². The molecule has 0 aliphatic carbocycles. The number of rotatable bonds is 3. The van der Waals surface area contributed by atoms with Crippen molar-refractivity contribution in [3.8, 4) is 0 Å². The minimum absolute atomic E-state index is 0.462. The van der Waals surface area contributed by atoms with Gasteiger partial charge in [0.25, 0.3) is 0 Å². The van der Waals surface area contributed by atoms with Crippen LogP contribution in [0.1, 0.15) is 18.8 Å². The number of halogens is 1. The number of hydrogen-bond acceptors (Lipinski definition) is 4. The lowest BCUT2D eigenvalue weighted by molar-refractivity contribution is 0.368. The number of benzene rings is 1. The van der Waals surface area contributed by atoms with Gasteiger partial charge in [0.2, 0.25) is 0 Å². The first-order valence-electron chi connectivity index (χ1n) is 7.31. The maximum absolute atomic E-state index is 13.6. The molecule has 4 rings (SSSR count). The number of H-pyrrole nitrogens is 1. The second-order valence-corrected chi connectivity index (χ2v) is 5.34. The molecule has 3 heterocycles. The topological polar surface area (TPSA) is 66.5 Å². The summed E-state index contributed by atoms with van der Waals surface area (Å²) in [5.41, 5.74) is 2.07. The molecule has 3 aromatic heterocycles. The normalized spacial score (nSPS) is 12.6. The first kappa shape index (κ1) is 13.6. The zero-order valence-corrected chi connectivity index (χ0v) is 12.4. The van der Waals surface area contributed by atoms with Gasteiger partial charge in [0.15, 0.2) is 11.5 Å². The van der Waals surface area contributed by atoms with Crippen LogP contribution in [0, 0.1) is 0 Å². The summed E-state index contributed by atoms with van der Waals surface area (Å²) in [4.78, 5) is 8.35. The van der Waals surface area contributed by atoms with Gasteiger partial charge in [-0.05, 0) is 42.6 Å². The molecule has 1 aromatic carbocycles. The van der Waals surface area contributed by atoms with Crippen molar-refractivity contribution in [3.05, 3.63) is 54.5 Å². The van der Waals surface area contributed by atoms with Crippen molar-refractivity contribution in [2.45, 2.75) is 13.1 Å². The molecule has 1 unspecified atom stereocenters. The largest absolute Gasteiger partial charge is 0.338 e. The highest BCUT2D eigenvalue weighted by Gasteiger charge is 2.11. The van der Waals surface area contributed by atoms with Gasteiger partial charge < -0.3 is 5.32 Å². The van der Waals surface area contributed by atoms with Crippen LogP contribution in [0.5, 0.6) is 0 Å². The van der Waals surface area contributed by atoms with Crippen molar-refractivity contribution in [2.75, 3.05) is 5.32 Å². The fourth-order valence-corrected chi connectivity index (χ4v) is 2.68. The number of alkyl halides is 1. The predicted molar refractivity (Wildman–Crippen MR) is 88.4 cm³/mol. The van der Waals surface area contributed by atoms with Crippen LogP contribution in [0.15, 0.2) is 48.8 Å². The van der Waals surface area contributed by atoms with Crippen LogP contribution in [-0.2, 0) is 0 Å². The number of aromatic amines is 1. The van der Waals surface area contributed by atoms with Crippen molar-refractivity contribution < 1.29 is 4.39 Å². The third-order valence-corrected chi connectivity index (χ3v) is 3.77. The molecule has 0 saturated carbocycles. The zero-order valence-electron chi connectivity index (χ0n) is 12.4. The van der Waals surface area contributed by atoms with Gasteiger partial charge in [-0.15, -0.1) is 0 Å². The van der Waals surface area contributed by atoms with Crippen LogP contribution >= 0.6 is 0 Å². The minimum atomic E-state index is -1.10. The summed E-state index contributed by atoms with van der Waals surface area (Å²) in [7, 11) is 0. The average molecular weight is 307 g/mol. The van der Waals surface area contributed by atoms with Crippen LogP contribution in [0.3, 0.4) is 0 Å². The Balaban J connectivity index is 1.75. The smallest absolute Gasteiger partial charge is 0.161 e. The van der Waals surface area contributed by atoms with Crippen LogP contribution < -0.4 is 5.32 Å². The first-order chi connectivity index (χ1) is 11.2. The third-order valence-electron chi connectivity index (χ3n) is 3.77. The lowest BCUT2D eigenvalue weighted by atomic mass is 10.1. The highest BCUT2D eigenvalue weighted by molar-refractivity contribution is 5.92. The van der Waals surface area contributed by atoms with Gasteiger partial charge in [-0.3, -0.25) is 10.1 Å². The van der Waals surface area contributed by atoms with Crippen LogP contribution in [0.4, 0.5) is 15.9 Å². The lowest BCUT2D eigenvalue weighted by Gasteiger charge is -2.09. The fraction of sp³-hybridized carbons (Fsp3) is 0.118. The quantitative estimate of drug-likeness (QED) is 0.593. The molecular weight excluding hydrogens is 293 g/mol. The molecule has 5 nitrogen and oxygen atoms in total. The summed E-state index contributed by atoms with van der Waals surface area (Å²) >= 11 is 0. The lowest BCUT2D eigenvalue weighted by Crippen LogP contribution is -1.95. The number of nitrogens with one attached hydrogen (secondary N) is 2. The number of anilines is 2. The average Bonchev–Trinajstić information content (AvgIpc) is 2.97. The molecule has 4 aromatic rings. The summed E-state index contributed by atoms with van der Waals surface area (Å²) in [6, 6.07) is 11.4. The molecule has 0 aliphatic heterocycles. The molecule has 0 saturated heterocycles. The summed E-state index contributed by atoms with van der Waals surface area (Å²) < 4.78 is 13.6. The van der Waals surface area contributed by atoms with Gasteiger partial charge in [-0.1, -0.05) is 6.07 Å². The Hall–Kier alpha value is -3.02. The zero-order chi connectivity index (χ0) is 15.8. The molecule has 0 spiro atoms. The van der Waals surface area contributed by atoms with E-state index in [4.69, 9.17) is 0 Å². The second-order valence-electron chi connectivity index (χ2n) is 5.34. The van der Waals surface area contributed by atoms with E-state index < -0.39 is 6.17 Å². The summed E-state index contributed by atoms with van der Waals surface area (Å²) in [6.45, 7) is 1.50. The second kappa shape index (κ2) is 5.31. The third kappa shape index (κ3) is 2.38. The number of aromatic nitrogens is 4. The van der Waals surface area contributed by atoms with Crippen LogP contribution in [0.25, 0.3) is 21.8 Å². The van der Waals surface area contributed by atoms with E-state index in [1.165, 1.54) is 6.92 Å². The summed E-state index contributed by atoms with van der Waals surface area (Å²) in [5.74, 6) is 0.709. The van der Waals surface area contributed by atoms with E-state index in [2.05, 4.69) is 25.5 Å². The Morgan fingerprint density at radius 1 is 1.09 bits per heavy atom. The van der Waals surface area contributed by atoms with Crippen molar-refractivity contribution in [1.82, 2.24) is 20.2 Å². The molecule has 114 valence electrons. The maximum atomic E-state index is 13.6. The molecule has 1 atom stereocenters. The SMILES string of the molecule is CC(F)c1nccc2cc(Nc3n[nH]c4ncccc34)ccc12. The molecule has 6 heteroatoms. The highest BCUT2D eigenvalue weighted by atomic mass is 19.1. The number of nitrogens with zero attached hydrogens (tertiary/aromatic N) is 3. The van der Waals surface area contributed by atoms with Gasteiger partial charge in [-0.25, -0.2) is 9.37 Å². The molecule has 2 N–H and O–H groups in total. The first-order valence-corrected chi connectivity index (χ1v) is 7.31. The Morgan fingerprint density at radius 3 is 2.87 bits per heavy atom. The Bertz CT molecular complexity index is 993. The number of hydrogen-bond donors (Lipinski definition) is 2. The molecule has 0 amide bonds. The van der Waals surface area contributed by atoms with E-state index in [0.29, 0.717) is 11.5 Å². The van der Waals surface area contributed by atoms with Crippen molar-refractivity contribution in [3.63, 3.8) is 0 Å². The van der Waals surface area contributed by atoms with Crippen LogP contribution in [-0.4, -0.2) is 20.2 Å². The van der Waals surface area contributed by atoms with Crippen molar-refractivity contribution in [1.29, 1.82) is 0 Å². The van der Waals surface area contributed by atoms with Gasteiger partial charge in [0.05, 0.1) is 11.1 Å². The van der Waals surface area contributed by atoms with Gasteiger partial charge >= 0.3 is 0 Å². The molecule has 23 heavy (non-hydrogen) atoms. The Kier molecular flexibility index (Phi) is 3.15. The number of pyridine rings is 2. The van der Waals surface area contributed by atoms with Crippen molar-refractivity contribution in [2.24, 2.45) is 0 Å². The summed E-state index contributed by atoms with van der Waals surface area (Å²) in [6.07, 6.45) is 2.25. The predicted octanol–water partition coefficient (Wildman–Crippen LogP) is 4.28.